The van der Waals surface area contributed by atoms with Crippen LogP contribution in [0.1, 0.15) is 6.92 Å². The summed E-state index contributed by atoms with van der Waals surface area (Å²) in [6.07, 6.45) is 0. The van der Waals surface area contributed by atoms with E-state index >= 15 is 0 Å². The number of hydrogen-bond donors (Lipinski definition) is 0. The molecule has 0 aliphatic heterocycles. The average Bonchev–Trinajstić information content (AvgIpc) is 2.53. The van der Waals surface area contributed by atoms with Crippen LogP contribution in [-0.2, 0) is 4.79 Å². The van der Waals surface area contributed by atoms with E-state index in [1.807, 2.05) is 18.2 Å². The molecule has 0 heterocycles. The van der Waals surface area contributed by atoms with Gasteiger partial charge in [0, 0.05) is 16.3 Å². The molecule has 0 N–H and O–H groups in total. The van der Waals surface area contributed by atoms with Crippen LogP contribution in [0.5, 0.6) is 5.75 Å². The van der Waals surface area contributed by atoms with E-state index in [4.69, 9.17) is 4.74 Å². The first-order valence-corrected chi connectivity index (χ1v) is 7.19. The molecule has 0 amide bonds. The molecule has 0 radical (unpaired) electrons. The molecule has 0 aromatic heterocycles. The minimum atomic E-state index is -0.393. The molecular weight excluding hydrogens is 272 g/mol. The molecule has 0 saturated carbocycles. The maximum absolute atomic E-state index is 11.8. The lowest BCUT2D eigenvalue weighted by Gasteiger charge is -2.13. The van der Waals surface area contributed by atoms with E-state index in [1.54, 1.807) is 6.92 Å². The van der Waals surface area contributed by atoms with Gasteiger partial charge in [0.2, 0.25) is 0 Å². The van der Waals surface area contributed by atoms with Crippen molar-refractivity contribution in [2.24, 2.45) is 0 Å². The number of rotatable bonds is 2. The maximum atomic E-state index is 11.8. The normalized spacial score (nSPS) is 11.3. The van der Waals surface area contributed by atoms with Gasteiger partial charge in [0.15, 0.2) is 0 Å². The molecule has 2 nitrogen and oxygen atoms in total. The highest BCUT2D eigenvalue weighted by molar-refractivity contribution is 6.24. The highest BCUT2D eigenvalue weighted by atomic mass is 16.5. The van der Waals surface area contributed by atoms with Gasteiger partial charge in [0.25, 0.3) is 0 Å². The second kappa shape index (κ2) is 4.57. The lowest BCUT2D eigenvalue weighted by Crippen LogP contribution is -2.08. The molecule has 0 spiro atoms. The van der Waals surface area contributed by atoms with Gasteiger partial charge in [-0.2, -0.15) is 0 Å². The Morgan fingerprint density at radius 2 is 1.45 bits per heavy atom. The molecule has 4 rings (SSSR count). The first kappa shape index (κ1) is 12.8. The lowest BCUT2D eigenvalue weighted by atomic mass is 9.94. The molecule has 22 heavy (non-hydrogen) atoms. The maximum Gasteiger partial charge on any atom is 0.338 e. The largest absolute Gasteiger partial charge is 0.423 e. The summed E-state index contributed by atoms with van der Waals surface area (Å²) in [6.45, 7) is 5.29. The summed E-state index contributed by atoms with van der Waals surface area (Å²) < 4.78 is 5.49. The zero-order valence-corrected chi connectivity index (χ0v) is 12.2. The van der Waals surface area contributed by atoms with E-state index in [2.05, 4.69) is 43.0 Å². The zero-order valence-electron chi connectivity index (χ0n) is 12.2. The third-order valence-corrected chi connectivity index (χ3v) is 4.04. The summed E-state index contributed by atoms with van der Waals surface area (Å²) in [6, 6.07) is 18.4. The fraction of sp³-hybridized carbons (Fsp3) is 0.0500. The molecule has 0 fully saturated rings. The lowest BCUT2D eigenvalue weighted by molar-refractivity contribution is -0.129. The monoisotopic (exact) mass is 286 g/mol. The van der Waals surface area contributed by atoms with Crippen LogP contribution >= 0.6 is 0 Å². The fourth-order valence-electron chi connectivity index (χ4n) is 2.98. The topological polar surface area (TPSA) is 26.3 Å². The highest BCUT2D eigenvalue weighted by Gasteiger charge is 2.13. The predicted molar refractivity (Wildman–Crippen MR) is 90.6 cm³/mol. The minimum absolute atomic E-state index is 0.393. The van der Waals surface area contributed by atoms with Gasteiger partial charge in [-0.3, -0.25) is 0 Å². The number of benzene rings is 4. The molecule has 0 saturated heterocycles. The van der Waals surface area contributed by atoms with Crippen LogP contribution in [0.3, 0.4) is 0 Å². The molecule has 0 atom stereocenters. The summed E-state index contributed by atoms with van der Waals surface area (Å²) in [4.78, 5) is 11.8. The summed E-state index contributed by atoms with van der Waals surface area (Å²) >= 11 is 0. The Balaban J connectivity index is 2.08. The Bertz CT molecular complexity index is 1030. The van der Waals surface area contributed by atoms with Crippen LogP contribution < -0.4 is 4.74 Å². The first-order valence-electron chi connectivity index (χ1n) is 7.19. The average molecular weight is 286 g/mol. The Morgan fingerprint density at radius 3 is 2.14 bits per heavy atom. The number of esters is 1. The molecule has 0 unspecified atom stereocenters. The summed E-state index contributed by atoms with van der Waals surface area (Å²) in [7, 11) is 0. The van der Waals surface area contributed by atoms with Crippen LogP contribution in [0.25, 0.3) is 32.3 Å². The van der Waals surface area contributed by atoms with Crippen molar-refractivity contribution in [3.8, 4) is 5.75 Å². The number of ether oxygens (including phenoxy) is 1. The van der Waals surface area contributed by atoms with Crippen LogP contribution in [-0.4, -0.2) is 5.97 Å². The van der Waals surface area contributed by atoms with E-state index in [0.29, 0.717) is 11.3 Å². The molecule has 0 bridgehead atoms. The summed E-state index contributed by atoms with van der Waals surface area (Å²) in [5.74, 6) is 0.189. The molecule has 4 aromatic carbocycles. The third kappa shape index (κ3) is 1.77. The van der Waals surface area contributed by atoms with Crippen molar-refractivity contribution in [2.45, 2.75) is 6.92 Å². The van der Waals surface area contributed by atoms with Gasteiger partial charge in [0.1, 0.15) is 5.75 Å². The van der Waals surface area contributed by atoms with Crippen molar-refractivity contribution < 1.29 is 9.53 Å². The van der Waals surface area contributed by atoms with Crippen LogP contribution in [0, 0.1) is 0 Å². The van der Waals surface area contributed by atoms with Crippen molar-refractivity contribution in [3.63, 3.8) is 0 Å². The van der Waals surface area contributed by atoms with Gasteiger partial charge >= 0.3 is 5.97 Å². The molecule has 0 aliphatic carbocycles. The Morgan fingerprint density at radius 1 is 0.864 bits per heavy atom. The Labute approximate surface area is 128 Å². The quantitative estimate of drug-likeness (QED) is 0.223. The van der Waals surface area contributed by atoms with E-state index in [1.165, 1.54) is 16.2 Å². The van der Waals surface area contributed by atoms with Gasteiger partial charge in [-0.15, -0.1) is 0 Å². The standard InChI is InChI=1S/C20H14O2/c1-12(2)20(21)22-17-11-9-15-7-6-13-4-3-5-14-8-10-16(17)19(15)18(13)14/h3-11H,1H2,2H3. The van der Waals surface area contributed by atoms with Crippen molar-refractivity contribution in [3.05, 3.63) is 66.7 Å². The molecular formula is C20H14O2. The van der Waals surface area contributed by atoms with Crippen molar-refractivity contribution in [2.75, 3.05) is 0 Å². The van der Waals surface area contributed by atoms with Crippen LogP contribution in [0.2, 0.25) is 0 Å². The van der Waals surface area contributed by atoms with Gasteiger partial charge in [-0.1, -0.05) is 49.0 Å². The van der Waals surface area contributed by atoms with Crippen molar-refractivity contribution in [1.82, 2.24) is 0 Å². The number of hydrogen-bond acceptors (Lipinski definition) is 2. The van der Waals surface area contributed by atoms with E-state index in [-0.39, 0.29) is 0 Å². The second-order valence-corrected chi connectivity index (χ2v) is 5.59. The summed E-state index contributed by atoms with van der Waals surface area (Å²) in [5.41, 5.74) is 0.394. The second-order valence-electron chi connectivity index (χ2n) is 5.59. The summed E-state index contributed by atoms with van der Waals surface area (Å²) in [5, 5.41) is 6.84. The van der Waals surface area contributed by atoms with Crippen LogP contribution in [0.4, 0.5) is 0 Å². The fourth-order valence-corrected chi connectivity index (χ4v) is 2.98. The van der Waals surface area contributed by atoms with E-state index in [0.717, 1.165) is 16.2 Å². The minimum Gasteiger partial charge on any atom is -0.423 e. The van der Waals surface area contributed by atoms with E-state index in [9.17, 15) is 4.79 Å². The number of carbonyl (C=O) groups is 1. The highest BCUT2D eigenvalue weighted by Crippen LogP contribution is 2.38. The zero-order chi connectivity index (χ0) is 15.3. The van der Waals surface area contributed by atoms with Gasteiger partial charge in [-0.05, 0) is 40.6 Å². The van der Waals surface area contributed by atoms with Crippen LogP contribution in [0.15, 0.2) is 66.7 Å². The van der Waals surface area contributed by atoms with Crippen molar-refractivity contribution >= 4 is 38.3 Å². The van der Waals surface area contributed by atoms with Gasteiger partial charge in [0.05, 0.1) is 0 Å². The van der Waals surface area contributed by atoms with Gasteiger partial charge in [-0.25, -0.2) is 4.79 Å². The molecule has 0 aliphatic rings. The van der Waals surface area contributed by atoms with Gasteiger partial charge < -0.3 is 4.74 Å². The third-order valence-electron chi connectivity index (χ3n) is 4.04. The first-order chi connectivity index (χ1) is 10.6. The molecule has 106 valence electrons. The Kier molecular flexibility index (Phi) is 2.67. The smallest absolute Gasteiger partial charge is 0.338 e. The van der Waals surface area contributed by atoms with E-state index < -0.39 is 5.97 Å². The number of carbonyl (C=O) groups excluding carboxylic acids is 1. The Hall–Kier alpha value is -2.87. The SMILES string of the molecule is C=C(C)C(=O)Oc1ccc2ccc3cccc4ccc1c2c34. The molecule has 4 aromatic rings. The van der Waals surface area contributed by atoms with Crippen molar-refractivity contribution in [1.29, 1.82) is 0 Å². The predicted octanol–water partition coefficient (Wildman–Crippen LogP) is 5.07. The molecule has 2 heteroatoms.